The zero-order valence-corrected chi connectivity index (χ0v) is 11.0. The largest absolute Gasteiger partial charge is 0.0667 e. The van der Waals surface area contributed by atoms with E-state index in [-0.39, 0.29) is 0 Å². The van der Waals surface area contributed by atoms with Crippen LogP contribution in [0.2, 0.25) is 0 Å². The monoisotopic (exact) mass is 228 g/mol. The lowest BCUT2D eigenvalue weighted by Crippen LogP contribution is -1.96. The van der Waals surface area contributed by atoms with Crippen LogP contribution in [0.1, 0.15) is 77.0 Å². The molecule has 0 bridgehead atoms. The van der Waals surface area contributed by atoms with Crippen molar-refractivity contribution >= 4 is 0 Å². The van der Waals surface area contributed by atoms with Crippen LogP contribution in [0.4, 0.5) is 0 Å². The number of rotatable bonds is 0. The Balaban J connectivity index is 1.96. The Hall–Kier alpha value is -0.520. The topological polar surface area (TPSA) is 0 Å². The van der Waals surface area contributed by atoms with Gasteiger partial charge in [0.15, 0.2) is 0 Å². The van der Waals surface area contributed by atoms with E-state index in [2.05, 4.69) is 6.42 Å². The van der Waals surface area contributed by atoms with E-state index in [0.717, 1.165) is 0 Å². The van der Waals surface area contributed by atoms with Gasteiger partial charge in [-0.05, 0) is 75.4 Å². The molecule has 0 atom stereocenters. The normalized spacial score (nSPS) is 26.8. The van der Waals surface area contributed by atoms with Gasteiger partial charge in [0, 0.05) is 6.42 Å². The molecule has 0 saturated carbocycles. The molecule has 0 spiro atoms. The molecular weight excluding hydrogens is 204 g/mol. The van der Waals surface area contributed by atoms with Crippen LogP contribution < -0.4 is 0 Å². The minimum Gasteiger partial charge on any atom is -0.0667 e. The molecule has 0 saturated heterocycles. The molecule has 3 rings (SSSR count). The average molecular weight is 228 g/mol. The predicted octanol–water partition coefficient (Wildman–Crippen LogP) is 5.38. The third-order valence-corrected chi connectivity index (χ3v) is 4.68. The van der Waals surface area contributed by atoms with E-state index in [0.29, 0.717) is 0 Å². The van der Waals surface area contributed by atoms with Crippen LogP contribution in [0.3, 0.4) is 0 Å². The summed E-state index contributed by atoms with van der Waals surface area (Å²) in [7, 11) is 0. The Bertz CT molecular complexity index is 309. The molecule has 92 valence electrons. The third-order valence-electron chi connectivity index (χ3n) is 4.68. The summed E-state index contributed by atoms with van der Waals surface area (Å²) in [5.74, 6) is 0. The van der Waals surface area contributed by atoms with Gasteiger partial charge in [0.25, 0.3) is 0 Å². The second-order valence-electron chi connectivity index (χ2n) is 5.84. The van der Waals surface area contributed by atoms with E-state index in [1.54, 1.807) is 16.7 Å². The van der Waals surface area contributed by atoms with Gasteiger partial charge in [-0.1, -0.05) is 24.0 Å². The summed E-state index contributed by atoms with van der Waals surface area (Å²) in [5.41, 5.74) is 6.97. The summed E-state index contributed by atoms with van der Waals surface area (Å²) >= 11 is 0. The van der Waals surface area contributed by atoms with Gasteiger partial charge >= 0.3 is 0 Å². The molecule has 0 heteroatoms. The molecule has 0 aromatic heterocycles. The predicted molar refractivity (Wildman–Crippen MR) is 72.7 cm³/mol. The van der Waals surface area contributed by atoms with Crippen molar-refractivity contribution in [2.75, 3.05) is 0 Å². The van der Waals surface area contributed by atoms with E-state index < -0.39 is 0 Å². The molecular formula is C17H24. The standard InChI is InChI=1S/C17H24/c1-3-8-14-10-7-11-15-9-4-2-6-13-17(15)16(14)12-5-1/h1-10,12-13H2. The SMILES string of the molecule is [C]1CCC2=C(CCCCC2)C2=C1CCCCC2. The molecule has 0 aromatic rings. The van der Waals surface area contributed by atoms with Crippen LogP contribution in [-0.2, 0) is 0 Å². The van der Waals surface area contributed by atoms with Crippen molar-refractivity contribution in [1.82, 2.24) is 0 Å². The van der Waals surface area contributed by atoms with Crippen molar-refractivity contribution in [2.45, 2.75) is 77.0 Å². The molecule has 0 nitrogen and oxygen atoms in total. The molecule has 0 fully saturated rings. The van der Waals surface area contributed by atoms with Crippen LogP contribution in [0.5, 0.6) is 0 Å². The van der Waals surface area contributed by atoms with Crippen LogP contribution in [0, 0.1) is 6.42 Å². The summed E-state index contributed by atoms with van der Waals surface area (Å²) < 4.78 is 0. The first-order valence-corrected chi connectivity index (χ1v) is 7.62. The second kappa shape index (κ2) is 5.42. The molecule has 0 unspecified atom stereocenters. The summed E-state index contributed by atoms with van der Waals surface area (Å²) in [5, 5.41) is 0. The smallest absolute Gasteiger partial charge is 0.0126 e. The van der Waals surface area contributed by atoms with Gasteiger partial charge in [0.2, 0.25) is 0 Å². The summed E-state index contributed by atoms with van der Waals surface area (Å²) in [6.07, 6.45) is 20.2. The molecule has 17 heavy (non-hydrogen) atoms. The third kappa shape index (κ3) is 2.51. The van der Waals surface area contributed by atoms with Crippen molar-refractivity contribution in [3.05, 3.63) is 28.7 Å². The maximum absolute atomic E-state index is 3.74. The van der Waals surface area contributed by atoms with Crippen molar-refractivity contribution in [3.63, 3.8) is 0 Å². The minimum atomic E-state index is 1.19. The lowest BCUT2D eigenvalue weighted by atomic mass is 9.90. The van der Waals surface area contributed by atoms with Crippen LogP contribution in [0.15, 0.2) is 22.3 Å². The minimum absolute atomic E-state index is 1.19. The molecule has 0 N–H and O–H groups in total. The Morgan fingerprint density at radius 1 is 0.588 bits per heavy atom. The van der Waals surface area contributed by atoms with Crippen molar-refractivity contribution < 1.29 is 0 Å². The summed E-state index contributed by atoms with van der Waals surface area (Å²) in [6, 6.07) is 0. The Morgan fingerprint density at radius 2 is 1.29 bits per heavy atom. The maximum atomic E-state index is 3.74. The van der Waals surface area contributed by atoms with Crippen molar-refractivity contribution in [3.8, 4) is 0 Å². The Labute approximate surface area is 106 Å². The Kier molecular flexibility index (Phi) is 3.68. The summed E-state index contributed by atoms with van der Waals surface area (Å²) in [4.78, 5) is 0. The van der Waals surface area contributed by atoms with Gasteiger partial charge in [-0.25, -0.2) is 0 Å². The zero-order valence-electron chi connectivity index (χ0n) is 11.0. The molecule has 0 aliphatic heterocycles. The lowest BCUT2D eigenvalue weighted by molar-refractivity contribution is 0.696. The molecule has 0 heterocycles. The quantitative estimate of drug-likeness (QED) is 0.522. The first kappa shape index (κ1) is 11.6. The highest BCUT2D eigenvalue weighted by Crippen LogP contribution is 2.41. The van der Waals surface area contributed by atoms with E-state index in [1.165, 1.54) is 77.0 Å². The van der Waals surface area contributed by atoms with Gasteiger partial charge in [-0.2, -0.15) is 0 Å². The molecule has 2 radical (unpaired) electrons. The molecule has 3 aliphatic carbocycles. The highest BCUT2D eigenvalue weighted by molar-refractivity contribution is 5.44. The molecule has 0 amide bonds. The van der Waals surface area contributed by atoms with Crippen LogP contribution in [0.25, 0.3) is 0 Å². The molecule has 3 aliphatic rings. The summed E-state index contributed by atoms with van der Waals surface area (Å²) in [6.45, 7) is 0. The highest BCUT2D eigenvalue weighted by Gasteiger charge is 2.22. The number of fused-ring (bicyclic) bond motifs is 1. The van der Waals surface area contributed by atoms with E-state index >= 15 is 0 Å². The molecule has 0 aromatic carbocycles. The number of allylic oxidation sites excluding steroid dienone is 4. The van der Waals surface area contributed by atoms with E-state index in [1.807, 2.05) is 5.57 Å². The fourth-order valence-corrected chi connectivity index (χ4v) is 3.76. The van der Waals surface area contributed by atoms with Crippen molar-refractivity contribution in [1.29, 1.82) is 0 Å². The second-order valence-corrected chi connectivity index (χ2v) is 5.84. The van der Waals surface area contributed by atoms with Gasteiger partial charge in [0.05, 0.1) is 0 Å². The van der Waals surface area contributed by atoms with Crippen LogP contribution >= 0.6 is 0 Å². The van der Waals surface area contributed by atoms with Gasteiger partial charge < -0.3 is 0 Å². The zero-order chi connectivity index (χ0) is 11.5. The van der Waals surface area contributed by atoms with E-state index in [4.69, 9.17) is 0 Å². The van der Waals surface area contributed by atoms with E-state index in [9.17, 15) is 0 Å². The van der Waals surface area contributed by atoms with Gasteiger partial charge in [0.1, 0.15) is 0 Å². The fourth-order valence-electron chi connectivity index (χ4n) is 3.76. The maximum Gasteiger partial charge on any atom is 0.0126 e. The van der Waals surface area contributed by atoms with Gasteiger partial charge in [-0.3, -0.25) is 0 Å². The highest BCUT2D eigenvalue weighted by atomic mass is 14.3. The number of hydrogen-bond donors (Lipinski definition) is 0. The fraction of sp³-hybridized carbons (Fsp3) is 0.706. The first-order chi connectivity index (χ1) is 8.45. The first-order valence-electron chi connectivity index (χ1n) is 7.62. The van der Waals surface area contributed by atoms with Gasteiger partial charge in [-0.15, -0.1) is 0 Å². The average Bonchev–Trinajstić information content (AvgIpc) is 2.72. The van der Waals surface area contributed by atoms with Crippen molar-refractivity contribution in [2.24, 2.45) is 0 Å². The Morgan fingerprint density at radius 3 is 2.18 bits per heavy atom. The lowest BCUT2D eigenvalue weighted by Gasteiger charge is -2.15. The number of hydrogen-bond acceptors (Lipinski definition) is 0. The van der Waals surface area contributed by atoms with Crippen LogP contribution in [-0.4, -0.2) is 0 Å².